The van der Waals surface area contributed by atoms with Gasteiger partial charge in [0.2, 0.25) is 0 Å². The summed E-state index contributed by atoms with van der Waals surface area (Å²) in [6, 6.07) is 0. The number of phosphoric acid groups is 1. The lowest BCUT2D eigenvalue weighted by Gasteiger charge is -2.24. The molecule has 0 radical (unpaired) electrons. The molecule has 0 rings (SSSR count). The summed E-state index contributed by atoms with van der Waals surface area (Å²) in [6.07, 6.45) is 92.9. The summed E-state index contributed by atoms with van der Waals surface area (Å²) in [5, 5.41) is 0. The van der Waals surface area contributed by atoms with Gasteiger partial charge in [0.05, 0.1) is 27.7 Å². The fourth-order valence-electron chi connectivity index (χ4n) is 7.92. The number of hydrogen-bond acceptors (Lipinski definition) is 7. The molecule has 1 N–H and O–H groups in total. The Bertz CT molecular complexity index is 1990. The average Bonchev–Trinajstić information content (AvgIpc) is 3.46. The van der Waals surface area contributed by atoms with Gasteiger partial charge in [-0.2, -0.15) is 0 Å². The zero-order chi connectivity index (χ0) is 59.8. The highest BCUT2D eigenvalue weighted by Gasteiger charge is 2.27. The standard InChI is InChI=1S/C72H116NO8P/c1-6-8-10-12-14-16-18-20-22-24-26-27-28-29-30-31-32-33-34-35-36-37-38-39-40-41-42-43-44-45-47-49-51-53-55-57-59-61-63-65-72(75)81-70(69-80-82(76,77)79-67-66-73(3,4)5)68-78-71(74)64-62-60-58-56-54-52-50-48-46-25-23-21-19-17-15-13-11-9-7-2/h8-11,14-17,20-23,26-27,29-30,32-33,35-36,38-39,41-42,44-46,48,70H,6-7,12-13,18-19,24-25,28,31,34,37,40,43,47,49-69H2,1-5H3/p+1/b10-8-,11-9-,16-14-,17-15-,22-20-,23-21-,27-26-,30-29-,33-32-,36-35-,39-38-,42-41-,45-44-,48-46-. The second-order valence-electron chi connectivity index (χ2n) is 21.7. The summed E-state index contributed by atoms with van der Waals surface area (Å²) in [5.74, 6) is -0.836. The Morgan fingerprint density at radius 3 is 0.976 bits per heavy atom. The molecule has 0 heterocycles. The fourth-order valence-corrected chi connectivity index (χ4v) is 8.66. The number of esters is 2. The van der Waals surface area contributed by atoms with E-state index in [2.05, 4.69) is 184 Å². The van der Waals surface area contributed by atoms with Crippen molar-refractivity contribution in [1.29, 1.82) is 0 Å². The summed E-state index contributed by atoms with van der Waals surface area (Å²) in [5.41, 5.74) is 0. The molecule has 2 atom stereocenters. The Morgan fingerprint density at radius 1 is 0.378 bits per heavy atom. The molecule has 9 nitrogen and oxygen atoms in total. The van der Waals surface area contributed by atoms with Crippen molar-refractivity contribution in [3.8, 4) is 0 Å². The van der Waals surface area contributed by atoms with E-state index in [1.165, 1.54) is 25.7 Å². The Labute approximate surface area is 502 Å². The minimum Gasteiger partial charge on any atom is -0.462 e. The Morgan fingerprint density at radius 2 is 0.659 bits per heavy atom. The molecule has 0 aliphatic rings. The van der Waals surface area contributed by atoms with Gasteiger partial charge >= 0.3 is 19.8 Å². The van der Waals surface area contributed by atoms with E-state index in [1.807, 2.05) is 21.1 Å². The molecule has 0 saturated carbocycles. The van der Waals surface area contributed by atoms with Crippen LogP contribution in [-0.4, -0.2) is 74.9 Å². The van der Waals surface area contributed by atoms with E-state index in [-0.39, 0.29) is 32.0 Å². The van der Waals surface area contributed by atoms with Crippen LogP contribution in [0.1, 0.15) is 219 Å². The smallest absolute Gasteiger partial charge is 0.462 e. The number of carbonyl (C=O) groups excluding carboxylic acids is 2. The first kappa shape index (κ1) is 77.4. The van der Waals surface area contributed by atoms with Crippen molar-refractivity contribution >= 4 is 19.8 Å². The highest BCUT2D eigenvalue weighted by Crippen LogP contribution is 2.43. The highest BCUT2D eigenvalue weighted by atomic mass is 31.2. The lowest BCUT2D eigenvalue weighted by atomic mass is 10.1. The van der Waals surface area contributed by atoms with Crippen LogP contribution >= 0.6 is 7.82 Å². The van der Waals surface area contributed by atoms with Crippen LogP contribution < -0.4 is 0 Å². The minimum absolute atomic E-state index is 0.0180. The van der Waals surface area contributed by atoms with Crippen LogP contribution in [-0.2, 0) is 32.7 Å². The molecule has 2 unspecified atom stereocenters. The molecule has 0 bridgehead atoms. The highest BCUT2D eigenvalue weighted by molar-refractivity contribution is 7.47. The van der Waals surface area contributed by atoms with Crippen LogP contribution in [0.5, 0.6) is 0 Å². The lowest BCUT2D eigenvalue weighted by molar-refractivity contribution is -0.870. The number of unbranched alkanes of at least 4 members (excludes halogenated alkanes) is 14. The van der Waals surface area contributed by atoms with E-state index < -0.39 is 26.5 Å². The molecular formula is C72H117NO8P+. The Kier molecular flexibility index (Phi) is 57.5. The second-order valence-corrected chi connectivity index (χ2v) is 23.1. The third-order valence-electron chi connectivity index (χ3n) is 12.7. The summed E-state index contributed by atoms with van der Waals surface area (Å²) in [7, 11) is 1.44. The Balaban J connectivity index is 4.17. The summed E-state index contributed by atoms with van der Waals surface area (Å²) in [6.45, 7) is 4.15. The molecule has 0 aliphatic heterocycles. The van der Waals surface area contributed by atoms with Gasteiger partial charge in [-0.25, -0.2) is 4.57 Å². The van der Waals surface area contributed by atoms with Crippen molar-refractivity contribution in [2.24, 2.45) is 0 Å². The van der Waals surface area contributed by atoms with Crippen molar-refractivity contribution in [1.82, 2.24) is 0 Å². The number of allylic oxidation sites excluding steroid dienone is 28. The van der Waals surface area contributed by atoms with E-state index in [0.29, 0.717) is 23.9 Å². The van der Waals surface area contributed by atoms with Crippen LogP contribution in [0, 0.1) is 0 Å². The average molecular weight is 1160 g/mol. The Hall–Kier alpha value is -4.63. The molecule has 0 aromatic carbocycles. The predicted octanol–water partition coefficient (Wildman–Crippen LogP) is 20.6. The maximum atomic E-state index is 12.8. The summed E-state index contributed by atoms with van der Waals surface area (Å²) >= 11 is 0. The number of carbonyl (C=O) groups is 2. The molecule has 0 spiro atoms. The van der Waals surface area contributed by atoms with Gasteiger partial charge in [-0.15, -0.1) is 0 Å². The largest absolute Gasteiger partial charge is 0.472 e. The van der Waals surface area contributed by atoms with Crippen molar-refractivity contribution in [2.45, 2.75) is 225 Å². The van der Waals surface area contributed by atoms with Gasteiger partial charge in [0.25, 0.3) is 0 Å². The number of ether oxygens (including phenoxy) is 2. The molecular weight excluding hydrogens is 1040 g/mol. The van der Waals surface area contributed by atoms with E-state index in [1.54, 1.807) is 0 Å². The number of quaternary nitrogens is 1. The number of rotatable bonds is 56. The molecule has 0 amide bonds. The summed E-state index contributed by atoms with van der Waals surface area (Å²) in [4.78, 5) is 35.7. The number of phosphoric ester groups is 1. The quantitative estimate of drug-likeness (QED) is 0.0211. The maximum absolute atomic E-state index is 12.8. The van der Waals surface area contributed by atoms with Gasteiger partial charge in [0.15, 0.2) is 6.10 Å². The van der Waals surface area contributed by atoms with Crippen LogP contribution in [0.2, 0.25) is 0 Å². The van der Waals surface area contributed by atoms with Crippen LogP contribution in [0.25, 0.3) is 0 Å². The van der Waals surface area contributed by atoms with Gasteiger partial charge in [0, 0.05) is 12.8 Å². The SMILES string of the molecule is CC/C=C\C/C=C\C/C=C\C/C=C\C/C=C\C/C=C\C/C=C\C/C=C\C/C=C\C/C=C\CCCCCCCCCCC(=O)OC(COC(=O)CCCCCCCC/C=C\C/C=C\C/C=C\C/C=C\CC)COP(=O)(O)OCC[N+](C)(C)C. The van der Waals surface area contributed by atoms with Gasteiger partial charge in [-0.1, -0.05) is 248 Å². The predicted molar refractivity (Wildman–Crippen MR) is 353 cm³/mol. The van der Waals surface area contributed by atoms with E-state index in [4.69, 9.17) is 18.5 Å². The number of nitrogens with zero attached hydrogens (tertiary/aromatic N) is 1. The molecule has 0 saturated heterocycles. The van der Waals surface area contributed by atoms with Gasteiger partial charge in [-0.05, 0) is 128 Å². The van der Waals surface area contributed by atoms with Crippen LogP contribution in [0.15, 0.2) is 170 Å². The van der Waals surface area contributed by atoms with Crippen molar-refractivity contribution in [2.75, 3.05) is 47.5 Å². The zero-order valence-electron chi connectivity index (χ0n) is 52.4. The third kappa shape index (κ3) is 64.5. The van der Waals surface area contributed by atoms with E-state index >= 15 is 0 Å². The first-order valence-corrected chi connectivity index (χ1v) is 33.4. The molecule has 0 aromatic rings. The van der Waals surface area contributed by atoms with E-state index in [0.717, 1.165) is 154 Å². The van der Waals surface area contributed by atoms with Gasteiger partial charge in [0.1, 0.15) is 19.8 Å². The van der Waals surface area contributed by atoms with Crippen LogP contribution in [0.3, 0.4) is 0 Å². The third-order valence-corrected chi connectivity index (χ3v) is 13.7. The van der Waals surface area contributed by atoms with Gasteiger partial charge < -0.3 is 18.9 Å². The monoisotopic (exact) mass is 1150 g/mol. The summed E-state index contributed by atoms with van der Waals surface area (Å²) < 4.78 is 34.6. The molecule has 0 aliphatic carbocycles. The molecule has 462 valence electrons. The van der Waals surface area contributed by atoms with Crippen LogP contribution in [0.4, 0.5) is 0 Å². The van der Waals surface area contributed by atoms with E-state index in [9.17, 15) is 19.0 Å². The zero-order valence-corrected chi connectivity index (χ0v) is 53.3. The maximum Gasteiger partial charge on any atom is 0.472 e. The van der Waals surface area contributed by atoms with Crippen molar-refractivity contribution in [3.63, 3.8) is 0 Å². The fraction of sp³-hybridized carbons (Fsp3) is 0.583. The lowest BCUT2D eigenvalue weighted by Crippen LogP contribution is -2.37. The molecule has 82 heavy (non-hydrogen) atoms. The first-order chi connectivity index (χ1) is 40.0. The number of hydrogen-bond donors (Lipinski definition) is 1. The molecule has 10 heteroatoms. The second kappa shape index (κ2) is 60.9. The van der Waals surface area contributed by atoms with Gasteiger partial charge in [-0.3, -0.25) is 18.6 Å². The molecule has 0 aromatic heterocycles. The molecule has 0 fully saturated rings. The van der Waals surface area contributed by atoms with Crippen molar-refractivity contribution in [3.05, 3.63) is 170 Å². The topological polar surface area (TPSA) is 108 Å². The first-order valence-electron chi connectivity index (χ1n) is 31.9. The normalized spacial score (nSPS) is 14.4. The van der Waals surface area contributed by atoms with Crippen molar-refractivity contribution < 1.29 is 42.1 Å². The number of likely N-dealkylation sites (N-methyl/N-ethyl adjacent to an activating group) is 1. The minimum atomic E-state index is -4.41.